The van der Waals surface area contributed by atoms with Crippen LogP contribution >= 0.6 is 0 Å². The van der Waals surface area contributed by atoms with Crippen LogP contribution < -0.4 is 5.32 Å². The molecule has 0 aliphatic carbocycles. The fourth-order valence-electron chi connectivity index (χ4n) is 2.64. The van der Waals surface area contributed by atoms with Crippen LogP contribution in [0.4, 0.5) is 0 Å². The van der Waals surface area contributed by atoms with Crippen molar-refractivity contribution in [2.75, 3.05) is 33.1 Å². The van der Waals surface area contributed by atoms with Gasteiger partial charge in [-0.05, 0) is 34.7 Å². The number of carbonyl (C=O) groups is 1. The summed E-state index contributed by atoms with van der Waals surface area (Å²) < 4.78 is 32.2. The molecular weight excluding hydrogens is 360 g/mol. The number of nitrogens with one attached hydrogen (secondary N) is 1. The summed E-state index contributed by atoms with van der Waals surface area (Å²) in [5.41, 5.74) is 1.19. The zero-order valence-electron chi connectivity index (χ0n) is 14.4. The molecule has 0 saturated carbocycles. The van der Waals surface area contributed by atoms with Crippen molar-refractivity contribution >= 4 is 15.9 Å². The monoisotopic (exact) mass is 380 g/mol. The smallest absolute Gasteiger partial charge is 0.251 e. The van der Waals surface area contributed by atoms with Crippen molar-refractivity contribution in [2.45, 2.75) is 6.04 Å². The Kier molecular flexibility index (Phi) is 5.30. The van der Waals surface area contributed by atoms with E-state index in [-0.39, 0.29) is 23.6 Å². The maximum absolute atomic E-state index is 12.5. The van der Waals surface area contributed by atoms with E-state index in [1.165, 1.54) is 29.4 Å². The van der Waals surface area contributed by atoms with Crippen molar-refractivity contribution in [2.24, 2.45) is 5.92 Å². The second-order valence-corrected chi connectivity index (χ2v) is 8.47. The van der Waals surface area contributed by atoms with Crippen molar-refractivity contribution in [3.05, 3.63) is 36.2 Å². The molecule has 10 nitrogen and oxygen atoms in total. The van der Waals surface area contributed by atoms with Gasteiger partial charge in [0.1, 0.15) is 6.33 Å². The summed E-state index contributed by atoms with van der Waals surface area (Å²) in [6.45, 7) is 0.596. The highest BCUT2D eigenvalue weighted by Crippen LogP contribution is 2.18. The lowest BCUT2D eigenvalue weighted by molar-refractivity contribution is 0.0926. The van der Waals surface area contributed by atoms with E-state index in [4.69, 9.17) is 4.74 Å². The molecule has 1 N–H and O–H groups in total. The van der Waals surface area contributed by atoms with Crippen LogP contribution in [0.15, 0.2) is 30.6 Å². The standard InChI is InChI=1S/C15H20N6O4S/c1-20(2)26(23,24)9-12-7-25-8-14(12)17-15(22)11-3-5-13(6-4-11)21-10-16-18-19-21/h3-6,10,12,14H,7-9H2,1-2H3,(H,17,22)/t12-,14+/m0/s1. The van der Waals surface area contributed by atoms with Crippen LogP contribution in [0.25, 0.3) is 5.69 Å². The molecule has 1 aromatic heterocycles. The maximum Gasteiger partial charge on any atom is 0.251 e. The molecule has 3 rings (SSSR count). The summed E-state index contributed by atoms with van der Waals surface area (Å²) in [5, 5.41) is 13.8. The molecule has 0 unspecified atom stereocenters. The van der Waals surface area contributed by atoms with Gasteiger partial charge < -0.3 is 10.1 Å². The van der Waals surface area contributed by atoms with Crippen molar-refractivity contribution in [3.8, 4) is 5.69 Å². The highest BCUT2D eigenvalue weighted by molar-refractivity contribution is 7.89. The van der Waals surface area contributed by atoms with Crippen LogP contribution in [0.5, 0.6) is 0 Å². The van der Waals surface area contributed by atoms with Gasteiger partial charge in [-0.25, -0.2) is 17.4 Å². The number of hydrogen-bond acceptors (Lipinski definition) is 7. The summed E-state index contributed by atoms with van der Waals surface area (Å²) in [4.78, 5) is 12.5. The first-order valence-electron chi connectivity index (χ1n) is 7.99. The Morgan fingerprint density at radius 1 is 1.31 bits per heavy atom. The van der Waals surface area contributed by atoms with Crippen molar-refractivity contribution < 1.29 is 17.9 Å². The lowest BCUT2D eigenvalue weighted by Gasteiger charge is -2.21. The largest absolute Gasteiger partial charge is 0.379 e. The van der Waals surface area contributed by atoms with E-state index in [2.05, 4.69) is 20.8 Å². The van der Waals surface area contributed by atoms with Crippen LogP contribution in [0.2, 0.25) is 0 Å². The third-order valence-corrected chi connectivity index (χ3v) is 6.20. The highest BCUT2D eigenvalue weighted by atomic mass is 32.2. The van der Waals surface area contributed by atoms with Crippen LogP contribution in [0.3, 0.4) is 0 Å². The molecule has 140 valence electrons. The molecular formula is C15H20N6O4S. The lowest BCUT2D eigenvalue weighted by Crippen LogP contribution is -2.43. The first kappa shape index (κ1) is 18.4. The Bertz CT molecular complexity index is 851. The molecule has 1 saturated heterocycles. The molecule has 26 heavy (non-hydrogen) atoms. The number of amides is 1. The summed E-state index contributed by atoms with van der Waals surface area (Å²) >= 11 is 0. The number of sulfonamides is 1. The minimum absolute atomic E-state index is 0.0663. The average molecular weight is 380 g/mol. The van der Waals surface area contributed by atoms with Gasteiger partial charge >= 0.3 is 0 Å². The lowest BCUT2D eigenvalue weighted by atomic mass is 10.1. The zero-order valence-corrected chi connectivity index (χ0v) is 15.3. The number of rotatable bonds is 6. The number of tetrazole rings is 1. The van der Waals surface area contributed by atoms with Crippen molar-refractivity contribution in [3.63, 3.8) is 0 Å². The third-order valence-electron chi connectivity index (χ3n) is 4.24. The van der Waals surface area contributed by atoms with E-state index >= 15 is 0 Å². The average Bonchev–Trinajstić information content (AvgIpc) is 3.27. The first-order chi connectivity index (χ1) is 12.4. The fraction of sp³-hybridized carbons (Fsp3) is 0.467. The van der Waals surface area contributed by atoms with Crippen LogP contribution in [-0.2, 0) is 14.8 Å². The van der Waals surface area contributed by atoms with Gasteiger partial charge in [-0.15, -0.1) is 5.10 Å². The molecule has 1 aromatic carbocycles. The Balaban J connectivity index is 1.65. The van der Waals surface area contributed by atoms with Crippen molar-refractivity contribution in [1.29, 1.82) is 0 Å². The normalized spacial score (nSPS) is 20.4. The van der Waals surface area contributed by atoms with E-state index in [9.17, 15) is 13.2 Å². The molecule has 0 radical (unpaired) electrons. The summed E-state index contributed by atoms with van der Waals surface area (Å²) in [6.07, 6.45) is 1.46. The number of benzene rings is 1. The van der Waals surface area contributed by atoms with Crippen molar-refractivity contribution in [1.82, 2.24) is 29.8 Å². The molecule has 1 aliphatic rings. The number of carbonyl (C=O) groups excluding carboxylic acids is 1. The van der Waals surface area contributed by atoms with E-state index in [1.807, 2.05) is 0 Å². The molecule has 0 bridgehead atoms. The van der Waals surface area contributed by atoms with E-state index < -0.39 is 10.0 Å². The fourth-order valence-corrected chi connectivity index (χ4v) is 3.81. The van der Waals surface area contributed by atoms with Crippen LogP contribution in [-0.4, -0.2) is 77.9 Å². The maximum atomic E-state index is 12.5. The molecule has 2 heterocycles. The van der Waals surface area contributed by atoms with E-state index in [0.29, 0.717) is 18.8 Å². The van der Waals surface area contributed by atoms with Gasteiger partial charge in [0.15, 0.2) is 0 Å². The predicted molar refractivity (Wildman–Crippen MR) is 92.2 cm³/mol. The summed E-state index contributed by atoms with van der Waals surface area (Å²) in [5.74, 6) is -0.633. The molecule has 1 fully saturated rings. The summed E-state index contributed by atoms with van der Waals surface area (Å²) in [6, 6.07) is 6.42. The van der Waals surface area contributed by atoms with Gasteiger partial charge in [-0.1, -0.05) is 0 Å². The van der Waals surface area contributed by atoms with Crippen LogP contribution in [0, 0.1) is 5.92 Å². The third kappa shape index (κ3) is 4.06. The second-order valence-electron chi connectivity index (χ2n) is 6.24. The Morgan fingerprint density at radius 2 is 2.04 bits per heavy atom. The molecule has 11 heteroatoms. The minimum atomic E-state index is -3.37. The second kappa shape index (κ2) is 7.48. The molecule has 2 aromatic rings. The zero-order chi connectivity index (χ0) is 18.7. The number of aromatic nitrogens is 4. The highest BCUT2D eigenvalue weighted by Gasteiger charge is 2.34. The quantitative estimate of drug-likeness (QED) is 0.703. The van der Waals surface area contributed by atoms with Crippen LogP contribution in [0.1, 0.15) is 10.4 Å². The number of hydrogen-bond donors (Lipinski definition) is 1. The molecule has 1 amide bonds. The van der Waals surface area contributed by atoms with Gasteiger partial charge in [0.2, 0.25) is 10.0 Å². The number of nitrogens with zero attached hydrogens (tertiary/aromatic N) is 5. The molecule has 2 atom stereocenters. The Labute approximate surface area is 151 Å². The summed E-state index contributed by atoms with van der Waals surface area (Å²) in [7, 11) is -0.383. The minimum Gasteiger partial charge on any atom is -0.379 e. The van der Waals surface area contributed by atoms with Gasteiger partial charge in [-0.3, -0.25) is 4.79 Å². The van der Waals surface area contributed by atoms with Gasteiger partial charge in [0.05, 0.1) is 30.7 Å². The van der Waals surface area contributed by atoms with E-state index in [1.54, 1.807) is 24.3 Å². The first-order valence-corrected chi connectivity index (χ1v) is 9.60. The Morgan fingerprint density at radius 3 is 2.65 bits per heavy atom. The molecule has 0 spiro atoms. The predicted octanol–water partition coefficient (Wildman–Crippen LogP) is -0.701. The molecule has 1 aliphatic heterocycles. The SMILES string of the molecule is CN(C)S(=O)(=O)C[C@@H]1COC[C@H]1NC(=O)c1ccc(-n2cnnn2)cc1. The topological polar surface area (TPSA) is 119 Å². The van der Waals surface area contributed by atoms with Gasteiger partial charge in [0, 0.05) is 25.6 Å². The Hall–Kier alpha value is -2.37. The van der Waals surface area contributed by atoms with Gasteiger partial charge in [-0.2, -0.15) is 0 Å². The van der Waals surface area contributed by atoms with Gasteiger partial charge in [0.25, 0.3) is 5.91 Å². The van der Waals surface area contributed by atoms with E-state index in [0.717, 1.165) is 5.69 Å². The number of ether oxygens (including phenoxy) is 1.